The molecule has 0 amide bonds. The molecule has 1 atom stereocenters. The molecule has 3 rings (SSSR count). The van der Waals surface area contributed by atoms with Gasteiger partial charge in [0.05, 0.1) is 0 Å². The monoisotopic (exact) mass is 529 g/mol. The van der Waals surface area contributed by atoms with Crippen LogP contribution >= 0.6 is 27.2 Å². The molecule has 0 aromatic heterocycles. The Balaban J connectivity index is 0.00000114. The molecule has 2 aromatic rings. The SMILES string of the molecule is CC(C)(C)c1cc(Pc2ccccc2CN2CCCCC2)c(O)c(C(C)(C)C)c1.[Cl][Ti][Cl]. The zero-order chi connectivity index (χ0) is 23.9. The van der Waals surface area contributed by atoms with Crippen LogP contribution in [-0.4, -0.2) is 23.1 Å². The van der Waals surface area contributed by atoms with Crippen LogP contribution in [0, 0.1) is 0 Å². The van der Waals surface area contributed by atoms with Gasteiger partial charge in [-0.1, -0.05) is 86.9 Å². The topological polar surface area (TPSA) is 23.5 Å². The average Bonchev–Trinajstić information content (AvgIpc) is 2.70. The van der Waals surface area contributed by atoms with E-state index in [1.807, 2.05) is 0 Å². The summed E-state index contributed by atoms with van der Waals surface area (Å²) in [6.07, 6.45) is 3.99. The molecule has 1 unspecified atom stereocenters. The van der Waals surface area contributed by atoms with Crippen LogP contribution in [0.25, 0.3) is 0 Å². The first kappa shape index (κ1) is 28.2. The Labute approximate surface area is 213 Å². The third-order valence-corrected chi connectivity index (χ3v) is 7.32. The van der Waals surface area contributed by atoms with Crippen LogP contribution in [0.5, 0.6) is 5.75 Å². The van der Waals surface area contributed by atoms with E-state index in [0.717, 1.165) is 17.4 Å². The standard InChI is InChI=1S/C26H38NOP.2ClH.Ti/c1-25(2,3)20-16-21(26(4,5)6)24(28)23(17-20)29-22-13-9-8-12-19(22)18-27-14-10-7-11-15-27;;;/h8-9,12-13,16-17,28-29H,7,10-11,14-15,18H2,1-6H3;2*1H;/q;;;+2/p-2. The van der Waals surface area contributed by atoms with E-state index in [-0.39, 0.29) is 10.8 Å². The van der Waals surface area contributed by atoms with Gasteiger partial charge >= 0.3 is 35.6 Å². The van der Waals surface area contributed by atoms with E-state index in [1.165, 1.54) is 48.8 Å². The Hall–Kier alpha value is -0.0757. The summed E-state index contributed by atoms with van der Waals surface area (Å²) in [6, 6.07) is 13.3. The molecular weight excluding hydrogens is 492 g/mol. The first-order valence-electron chi connectivity index (χ1n) is 11.4. The Kier molecular flexibility index (Phi) is 11.1. The fourth-order valence-corrected chi connectivity index (χ4v) is 5.29. The second kappa shape index (κ2) is 12.6. The van der Waals surface area contributed by atoms with Crippen LogP contribution in [0.2, 0.25) is 0 Å². The molecule has 0 bridgehead atoms. The van der Waals surface area contributed by atoms with Crippen molar-refractivity contribution in [2.24, 2.45) is 0 Å². The molecule has 1 aliphatic rings. The first-order valence-corrected chi connectivity index (χ1v) is 16.7. The third kappa shape index (κ3) is 8.30. The Bertz CT molecular complexity index is 871. The number of rotatable bonds is 4. The molecule has 1 aliphatic heterocycles. The summed E-state index contributed by atoms with van der Waals surface area (Å²) in [4.78, 5) is 2.58. The zero-order valence-electron chi connectivity index (χ0n) is 20.4. The molecule has 32 heavy (non-hydrogen) atoms. The van der Waals surface area contributed by atoms with Crippen molar-refractivity contribution < 1.29 is 22.1 Å². The van der Waals surface area contributed by atoms with Crippen LogP contribution in [0.15, 0.2) is 36.4 Å². The molecule has 1 saturated heterocycles. The van der Waals surface area contributed by atoms with Crippen molar-refractivity contribution in [3.63, 3.8) is 0 Å². The minimum absolute atomic E-state index is 0.0558. The summed E-state index contributed by atoms with van der Waals surface area (Å²) in [7, 11) is 10.2. The van der Waals surface area contributed by atoms with Gasteiger partial charge in [0.2, 0.25) is 0 Å². The molecule has 2 nitrogen and oxygen atoms in total. The minimum atomic E-state index is -0.556. The summed E-state index contributed by atoms with van der Waals surface area (Å²) in [5.74, 6) is 0.483. The van der Waals surface area contributed by atoms with E-state index in [4.69, 9.17) is 18.6 Å². The van der Waals surface area contributed by atoms with Crippen LogP contribution in [0.3, 0.4) is 0 Å². The third-order valence-electron chi connectivity index (χ3n) is 5.91. The van der Waals surface area contributed by atoms with Crippen LogP contribution in [0.1, 0.15) is 77.5 Å². The van der Waals surface area contributed by atoms with Crippen molar-refractivity contribution in [1.82, 2.24) is 4.90 Å². The predicted octanol–water partition coefficient (Wildman–Crippen LogP) is 6.98. The van der Waals surface area contributed by atoms with Crippen LogP contribution < -0.4 is 10.6 Å². The molecule has 0 radical (unpaired) electrons. The molecule has 1 N–H and O–H groups in total. The van der Waals surface area contributed by atoms with E-state index in [2.05, 4.69) is 82.8 Å². The number of nitrogens with zero attached hydrogens (tertiary/aromatic N) is 1. The summed E-state index contributed by atoms with van der Waals surface area (Å²) in [5, 5.41) is 13.6. The van der Waals surface area contributed by atoms with Gasteiger partial charge in [-0.25, -0.2) is 0 Å². The van der Waals surface area contributed by atoms with Crippen molar-refractivity contribution in [1.29, 1.82) is 0 Å². The van der Waals surface area contributed by atoms with Crippen molar-refractivity contribution in [3.05, 3.63) is 53.1 Å². The number of likely N-dealkylation sites (tertiary alicyclic amines) is 1. The summed E-state index contributed by atoms with van der Waals surface area (Å²) in [5.41, 5.74) is 3.74. The van der Waals surface area contributed by atoms with Gasteiger partial charge in [-0.3, -0.25) is 4.90 Å². The number of piperidine rings is 1. The molecule has 1 heterocycles. The van der Waals surface area contributed by atoms with Gasteiger partial charge in [0.25, 0.3) is 0 Å². The summed E-state index contributed by atoms with van der Waals surface area (Å²) in [6.45, 7) is 16.7. The fourth-order valence-electron chi connectivity index (χ4n) is 4.02. The van der Waals surface area contributed by atoms with E-state index in [0.29, 0.717) is 14.3 Å². The maximum atomic E-state index is 11.2. The van der Waals surface area contributed by atoms with Gasteiger partial charge < -0.3 is 5.11 Å². The van der Waals surface area contributed by atoms with Gasteiger partial charge in [0, 0.05) is 17.4 Å². The van der Waals surface area contributed by atoms with E-state index in [9.17, 15) is 5.11 Å². The Morgan fingerprint density at radius 2 is 1.50 bits per heavy atom. The maximum absolute atomic E-state index is 11.2. The second-order valence-electron chi connectivity index (χ2n) is 10.6. The molecule has 6 heteroatoms. The second-order valence-corrected chi connectivity index (χ2v) is 14.5. The van der Waals surface area contributed by atoms with Gasteiger partial charge in [-0.05, 0) is 59.3 Å². The Morgan fingerprint density at radius 3 is 2.06 bits per heavy atom. The first-order chi connectivity index (χ1) is 15.0. The van der Waals surface area contributed by atoms with E-state index < -0.39 is 17.0 Å². The number of phenols is 1. The van der Waals surface area contributed by atoms with Gasteiger partial charge in [0.15, 0.2) is 0 Å². The van der Waals surface area contributed by atoms with E-state index >= 15 is 0 Å². The molecular formula is C26H38Cl2NOPTi. The van der Waals surface area contributed by atoms with Gasteiger partial charge in [0.1, 0.15) is 5.75 Å². The predicted molar refractivity (Wildman–Crippen MR) is 140 cm³/mol. The number of benzene rings is 2. The van der Waals surface area contributed by atoms with Crippen molar-refractivity contribution in [2.45, 2.75) is 78.2 Å². The van der Waals surface area contributed by atoms with Crippen LogP contribution in [0.4, 0.5) is 0 Å². The van der Waals surface area contributed by atoms with Crippen molar-refractivity contribution >= 4 is 37.8 Å². The molecule has 176 valence electrons. The number of aromatic hydroxyl groups is 1. The number of phenolic OH excluding ortho intramolecular Hbond substituents is 1. The number of halogens is 2. The van der Waals surface area contributed by atoms with Crippen molar-refractivity contribution in [3.8, 4) is 5.75 Å². The summed E-state index contributed by atoms with van der Waals surface area (Å²) < 4.78 is 0. The molecule has 0 saturated carbocycles. The number of hydrogen-bond donors (Lipinski definition) is 1. The molecule has 2 aromatic carbocycles. The summed E-state index contributed by atoms with van der Waals surface area (Å²) >= 11 is -0.556. The number of hydrogen-bond acceptors (Lipinski definition) is 2. The molecule has 0 aliphatic carbocycles. The van der Waals surface area contributed by atoms with E-state index in [1.54, 1.807) is 0 Å². The van der Waals surface area contributed by atoms with Gasteiger partial charge in [-0.2, -0.15) is 0 Å². The zero-order valence-corrected chi connectivity index (χ0v) is 24.4. The van der Waals surface area contributed by atoms with Crippen molar-refractivity contribution in [2.75, 3.05) is 13.1 Å². The Morgan fingerprint density at radius 1 is 0.906 bits per heavy atom. The molecule has 0 spiro atoms. The van der Waals surface area contributed by atoms with Gasteiger partial charge in [-0.15, -0.1) is 0 Å². The normalized spacial score (nSPS) is 15.5. The quantitative estimate of drug-likeness (QED) is 0.341. The average molecular weight is 530 g/mol. The molecule has 1 fully saturated rings. The fraction of sp³-hybridized carbons (Fsp3) is 0.538. The van der Waals surface area contributed by atoms with Crippen LogP contribution in [-0.2, 0) is 34.4 Å².